The molecule has 0 amide bonds. The lowest BCUT2D eigenvalue weighted by Gasteiger charge is -2.07. The van der Waals surface area contributed by atoms with Crippen molar-refractivity contribution in [3.63, 3.8) is 0 Å². The van der Waals surface area contributed by atoms with Crippen molar-refractivity contribution in [2.75, 3.05) is 39.4 Å². The number of hydrogen-bond acceptors (Lipinski definition) is 7. The van der Waals surface area contributed by atoms with Crippen molar-refractivity contribution in [1.29, 1.82) is 0 Å². The number of hydrogen-bond donors (Lipinski definition) is 1. The lowest BCUT2D eigenvalue weighted by molar-refractivity contribution is -0.168. The molecule has 0 unspecified atom stereocenters. The second kappa shape index (κ2) is 9.10. The third-order valence-corrected chi connectivity index (χ3v) is 2.85. The monoisotopic (exact) mass is 315 g/mol. The minimum absolute atomic E-state index is 0.156. The highest BCUT2D eigenvalue weighted by molar-refractivity contribution is 7.99. The fourth-order valence-corrected chi connectivity index (χ4v) is 1.82. The quantitative estimate of drug-likeness (QED) is 0.384. The van der Waals surface area contributed by atoms with E-state index < -0.39 is 12.8 Å². The SMILES string of the molecule is COCCNCCn1nnnc1SCOCC(F)(F)F. The van der Waals surface area contributed by atoms with E-state index in [2.05, 4.69) is 25.6 Å². The van der Waals surface area contributed by atoms with Crippen LogP contribution in [0.5, 0.6) is 0 Å². The molecule has 0 aliphatic rings. The topological polar surface area (TPSA) is 74.1 Å². The van der Waals surface area contributed by atoms with Gasteiger partial charge in [-0.1, -0.05) is 11.8 Å². The molecule has 7 nitrogen and oxygen atoms in total. The summed E-state index contributed by atoms with van der Waals surface area (Å²) < 4.78 is 46.5. The number of tetrazole rings is 1. The van der Waals surface area contributed by atoms with Crippen LogP contribution in [0.15, 0.2) is 5.16 Å². The average molecular weight is 315 g/mol. The maximum atomic E-state index is 11.9. The van der Waals surface area contributed by atoms with Crippen molar-refractivity contribution in [3.8, 4) is 0 Å². The Labute approximate surface area is 118 Å². The first-order chi connectivity index (χ1) is 9.53. The van der Waals surface area contributed by atoms with Crippen LogP contribution in [0.3, 0.4) is 0 Å². The standard InChI is InChI=1S/C9H16F3N5O2S/c1-18-5-3-13-2-4-17-8(14-15-16-17)20-7-19-6-9(10,11)12/h13H,2-7H2,1H3. The summed E-state index contributed by atoms with van der Waals surface area (Å²) in [6, 6.07) is 0. The molecule has 0 aliphatic heterocycles. The van der Waals surface area contributed by atoms with E-state index in [1.807, 2.05) is 0 Å². The van der Waals surface area contributed by atoms with Gasteiger partial charge in [0, 0.05) is 20.2 Å². The Morgan fingerprint density at radius 3 is 2.85 bits per heavy atom. The molecule has 1 aromatic rings. The van der Waals surface area contributed by atoms with Crippen LogP contribution in [0, 0.1) is 0 Å². The van der Waals surface area contributed by atoms with Gasteiger partial charge in [-0.3, -0.25) is 0 Å². The summed E-state index contributed by atoms with van der Waals surface area (Å²) in [7, 11) is 1.61. The Morgan fingerprint density at radius 1 is 1.35 bits per heavy atom. The molecule has 11 heteroatoms. The smallest absolute Gasteiger partial charge is 0.383 e. The fraction of sp³-hybridized carbons (Fsp3) is 0.889. The van der Waals surface area contributed by atoms with Crippen LogP contribution in [0.1, 0.15) is 0 Å². The first-order valence-electron chi connectivity index (χ1n) is 5.76. The van der Waals surface area contributed by atoms with Gasteiger partial charge >= 0.3 is 6.18 Å². The molecule has 0 fully saturated rings. The Bertz CT molecular complexity index is 377. The number of nitrogens with zero attached hydrogens (tertiary/aromatic N) is 4. The van der Waals surface area contributed by atoms with Gasteiger partial charge in [-0.2, -0.15) is 13.2 Å². The average Bonchev–Trinajstić information content (AvgIpc) is 2.81. The van der Waals surface area contributed by atoms with Crippen molar-refractivity contribution in [2.24, 2.45) is 0 Å². The first-order valence-corrected chi connectivity index (χ1v) is 6.74. The van der Waals surface area contributed by atoms with Crippen molar-refractivity contribution < 1.29 is 22.6 Å². The number of methoxy groups -OCH3 is 1. The molecule has 0 radical (unpaired) electrons. The highest BCUT2D eigenvalue weighted by Crippen LogP contribution is 2.18. The van der Waals surface area contributed by atoms with E-state index in [0.717, 1.165) is 11.8 Å². The van der Waals surface area contributed by atoms with Crippen LogP contribution < -0.4 is 5.32 Å². The lowest BCUT2D eigenvalue weighted by atomic mass is 10.6. The van der Waals surface area contributed by atoms with Crippen molar-refractivity contribution in [1.82, 2.24) is 25.5 Å². The van der Waals surface area contributed by atoms with Crippen molar-refractivity contribution >= 4 is 11.8 Å². The summed E-state index contributed by atoms with van der Waals surface area (Å²) in [5.41, 5.74) is 0. The van der Waals surface area contributed by atoms with Gasteiger partial charge in [0.25, 0.3) is 0 Å². The molecule has 1 rings (SSSR count). The third-order valence-electron chi connectivity index (χ3n) is 2.02. The predicted molar refractivity (Wildman–Crippen MR) is 65.3 cm³/mol. The van der Waals surface area contributed by atoms with Gasteiger partial charge in [-0.05, 0) is 10.4 Å². The van der Waals surface area contributed by atoms with E-state index in [0.29, 0.717) is 31.4 Å². The zero-order valence-corrected chi connectivity index (χ0v) is 11.7. The van der Waals surface area contributed by atoms with Crippen LogP contribution in [-0.2, 0) is 16.0 Å². The van der Waals surface area contributed by atoms with Gasteiger partial charge in [0.1, 0.15) is 12.5 Å². The van der Waals surface area contributed by atoms with Crippen LogP contribution in [0.4, 0.5) is 13.2 Å². The lowest BCUT2D eigenvalue weighted by Crippen LogP contribution is -2.24. The van der Waals surface area contributed by atoms with E-state index in [1.54, 1.807) is 7.11 Å². The van der Waals surface area contributed by atoms with Gasteiger partial charge < -0.3 is 14.8 Å². The molecule has 0 aromatic carbocycles. The normalized spacial score (nSPS) is 12.0. The van der Waals surface area contributed by atoms with Gasteiger partial charge in [0.15, 0.2) is 0 Å². The minimum Gasteiger partial charge on any atom is -0.383 e. The molecule has 0 bridgehead atoms. The maximum absolute atomic E-state index is 11.9. The molecule has 0 saturated carbocycles. The van der Waals surface area contributed by atoms with Gasteiger partial charge in [0.05, 0.1) is 13.2 Å². The highest BCUT2D eigenvalue weighted by Gasteiger charge is 2.27. The fourth-order valence-electron chi connectivity index (χ4n) is 1.18. The van der Waals surface area contributed by atoms with Gasteiger partial charge in [-0.25, -0.2) is 4.68 Å². The second-order valence-electron chi connectivity index (χ2n) is 3.65. The molecule has 0 saturated heterocycles. The van der Waals surface area contributed by atoms with Gasteiger partial charge in [-0.15, -0.1) is 5.10 Å². The number of halogens is 3. The second-order valence-corrected chi connectivity index (χ2v) is 4.54. The summed E-state index contributed by atoms with van der Waals surface area (Å²) >= 11 is 1.01. The van der Waals surface area contributed by atoms with E-state index in [-0.39, 0.29) is 5.94 Å². The summed E-state index contributed by atoms with van der Waals surface area (Å²) in [4.78, 5) is 0. The van der Waals surface area contributed by atoms with Gasteiger partial charge in [0.2, 0.25) is 5.16 Å². The molecule has 0 aliphatic carbocycles. The highest BCUT2D eigenvalue weighted by atomic mass is 32.2. The van der Waals surface area contributed by atoms with Crippen molar-refractivity contribution in [2.45, 2.75) is 17.9 Å². The third kappa shape index (κ3) is 7.62. The summed E-state index contributed by atoms with van der Waals surface area (Å²) in [5.74, 6) is -0.156. The van der Waals surface area contributed by atoms with Crippen LogP contribution in [0.25, 0.3) is 0 Å². The largest absolute Gasteiger partial charge is 0.411 e. The first kappa shape index (κ1) is 17.1. The summed E-state index contributed by atoms with van der Waals surface area (Å²) in [6.07, 6.45) is -4.32. The Balaban J connectivity index is 2.21. The van der Waals surface area contributed by atoms with Crippen LogP contribution in [0.2, 0.25) is 0 Å². The molecule has 0 spiro atoms. The van der Waals surface area contributed by atoms with Crippen LogP contribution >= 0.6 is 11.8 Å². The number of nitrogens with one attached hydrogen (secondary N) is 1. The maximum Gasteiger partial charge on any atom is 0.411 e. The van der Waals surface area contributed by atoms with Crippen LogP contribution in [-0.4, -0.2) is 65.7 Å². The number of thioether (sulfide) groups is 1. The predicted octanol–water partition coefficient (Wildman–Crippen LogP) is 0.538. The molecule has 20 heavy (non-hydrogen) atoms. The zero-order chi connectivity index (χ0) is 14.8. The Morgan fingerprint density at radius 2 is 2.15 bits per heavy atom. The molecule has 1 heterocycles. The minimum atomic E-state index is -4.32. The molecule has 116 valence electrons. The van der Waals surface area contributed by atoms with E-state index in [4.69, 9.17) is 4.74 Å². The molecule has 1 aromatic heterocycles. The Hall–Kier alpha value is -0.910. The number of rotatable bonds is 10. The van der Waals surface area contributed by atoms with E-state index in [1.165, 1.54) is 4.68 Å². The molecule has 0 atom stereocenters. The Kier molecular flexibility index (Phi) is 7.80. The summed E-state index contributed by atoms with van der Waals surface area (Å²) in [5, 5.41) is 14.5. The number of alkyl halides is 3. The van der Waals surface area contributed by atoms with Crippen molar-refractivity contribution in [3.05, 3.63) is 0 Å². The molecular weight excluding hydrogens is 299 g/mol. The molecule has 1 N–H and O–H groups in total. The zero-order valence-electron chi connectivity index (χ0n) is 10.9. The van der Waals surface area contributed by atoms with E-state index in [9.17, 15) is 13.2 Å². The number of aromatic nitrogens is 4. The molecular formula is C9H16F3N5O2S. The van der Waals surface area contributed by atoms with E-state index >= 15 is 0 Å². The summed E-state index contributed by atoms with van der Waals surface area (Å²) in [6.45, 7) is 1.17. The number of ether oxygens (including phenoxy) is 2.